The van der Waals surface area contributed by atoms with Crippen LogP contribution >= 0.6 is 0 Å². The normalized spacial score (nSPS) is 10.6. The van der Waals surface area contributed by atoms with Crippen LogP contribution in [0.4, 0.5) is 5.69 Å². The van der Waals surface area contributed by atoms with Crippen LogP contribution in [-0.2, 0) is 0 Å². The predicted molar refractivity (Wildman–Crippen MR) is 45.2 cm³/mol. The number of aryl methyl sites for hydroxylation is 1. The van der Waals surface area contributed by atoms with Gasteiger partial charge in [-0.3, -0.25) is 4.98 Å². The molecule has 3 N–H and O–H groups in total. The first-order valence-electron chi connectivity index (χ1n) is 3.46. The van der Waals surface area contributed by atoms with Gasteiger partial charge in [0.2, 0.25) is 0 Å². The Morgan fingerprint density at radius 1 is 1.45 bits per heavy atom. The van der Waals surface area contributed by atoms with E-state index in [1.54, 1.807) is 12.4 Å². The van der Waals surface area contributed by atoms with Crippen molar-refractivity contribution in [2.24, 2.45) is 0 Å². The first kappa shape index (κ1) is 6.22. The van der Waals surface area contributed by atoms with Crippen molar-refractivity contribution in [2.45, 2.75) is 6.92 Å². The molecule has 0 radical (unpaired) electrons. The lowest BCUT2D eigenvalue weighted by Gasteiger charge is -1.93. The van der Waals surface area contributed by atoms with Gasteiger partial charge in [0.1, 0.15) is 0 Å². The summed E-state index contributed by atoms with van der Waals surface area (Å²) in [4.78, 5) is 7.14. The molecule has 0 aliphatic carbocycles. The SMILES string of the molecule is Cc1cncc2c(N)c[nH]c12. The summed E-state index contributed by atoms with van der Waals surface area (Å²) in [5, 5.41) is 1.00. The van der Waals surface area contributed by atoms with Gasteiger partial charge < -0.3 is 10.7 Å². The summed E-state index contributed by atoms with van der Waals surface area (Å²) >= 11 is 0. The van der Waals surface area contributed by atoms with E-state index in [1.165, 1.54) is 0 Å². The van der Waals surface area contributed by atoms with Crippen molar-refractivity contribution in [1.29, 1.82) is 0 Å². The quantitative estimate of drug-likeness (QED) is 0.592. The van der Waals surface area contributed by atoms with Gasteiger partial charge >= 0.3 is 0 Å². The molecule has 2 aromatic rings. The third-order valence-electron chi connectivity index (χ3n) is 1.82. The molecule has 0 aliphatic heterocycles. The van der Waals surface area contributed by atoms with Crippen molar-refractivity contribution in [1.82, 2.24) is 9.97 Å². The minimum absolute atomic E-state index is 0.760. The van der Waals surface area contributed by atoms with Crippen LogP contribution in [0.2, 0.25) is 0 Å². The highest BCUT2D eigenvalue weighted by molar-refractivity contribution is 5.92. The smallest absolute Gasteiger partial charge is 0.0587 e. The number of nitrogens with one attached hydrogen (secondary N) is 1. The summed E-state index contributed by atoms with van der Waals surface area (Å²) < 4.78 is 0. The molecule has 0 saturated heterocycles. The van der Waals surface area contributed by atoms with Crippen molar-refractivity contribution in [3.63, 3.8) is 0 Å². The Morgan fingerprint density at radius 3 is 3.00 bits per heavy atom. The Bertz CT molecular complexity index is 389. The van der Waals surface area contributed by atoms with E-state index >= 15 is 0 Å². The molecule has 2 rings (SSSR count). The van der Waals surface area contributed by atoms with Crippen LogP contribution in [-0.4, -0.2) is 9.97 Å². The number of H-pyrrole nitrogens is 1. The zero-order valence-electron chi connectivity index (χ0n) is 6.26. The molecule has 11 heavy (non-hydrogen) atoms. The number of fused-ring (bicyclic) bond motifs is 1. The Hall–Kier alpha value is -1.51. The second-order valence-corrected chi connectivity index (χ2v) is 2.62. The summed E-state index contributed by atoms with van der Waals surface area (Å²) in [5.41, 5.74) is 8.64. The molecule has 56 valence electrons. The maximum absolute atomic E-state index is 5.67. The molecular weight excluding hydrogens is 138 g/mol. The molecular formula is C8H9N3. The van der Waals surface area contributed by atoms with Gasteiger partial charge in [-0.1, -0.05) is 0 Å². The van der Waals surface area contributed by atoms with E-state index < -0.39 is 0 Å². The van der Waals surface area contributed by atoms with Gasteiger partial charge in [0, 0.05) is 24.0 Å². The van der Waals surface area contributed by atoms with Crippen LogP contribution in [0, 0.1) is 6.92 Å². The predicted octanol–water partition coefficient (Wildman–Crippen LogP) is 1.45. The first-order chi connectivity index (χ1) is 5.29. The van der Waals surface area contributed by atoms with E-state index in [2.05, 4.69) is 9.97 Å². The van der Waals surface area contributed by atoms with Crippen LogP contribution in [0.1, 0.15) is 5.56 Å². The number of hydrogen-bond acceptors (Lipinski definition) is 2. The summed E-state index contributed by atoms with van der Waals surface area (Å²) in [6.45, 7) is 2.01. The highest BCUT2D eigenvalue weighted by Gasteiger charge is 2.00. The fourth-order valence-electron chi connectivity index (χ4n) is 1.20. The minimum atomic E-state index is 0.760. The fourth-order valence-corrected chi connectivity index (χ4v) is 1.20. The third-order valence-corrected chi connectivity index (χ3v) is 1.82. The van der Waals surface area contributed by atoms with Gasteiger partial charge in [0.25, 0.3) is 0 Å². The van der Waals surface area contributed by atoms with Crippen molar-refractivity contribution >= 4 is 16.6 Å². The molecule has 0 aromatic carbocycles. The van der Waals surface area contributed by atoms with E-state index in [0.717, 1.165) is 22.2 Å². The topological polar surface area (TPSA) is 54.7 Å². The monoisotopic (exact) mass is 147 g/mol. The van der Waals surface area contributed by atoms with Gasteiger partial charge in [-0.2, -0.15) is 0 Å². The number of aromatic amines is 1. The van der Waals surface area contributed by atoms with Gasteiger partial charge in [-0.05, 0) is 12.5 Å². The second kappa shape index (κ2) is 1.99. The van der Waals surface area contributed by atoms with Crippen LogP contribution < -0.4 is 5.73 Å². The highest BCUT2D eigenvalue weighted by Crippen LogP contribution is 2.20. The number of nitrogens with two attached hydrogens (primary N) is 1. The molecule has 2 heterocycles. The molecule has 3 nitrogen and oxygen atoms in total. The fraction of sp³-hybridized carbons (Fsp3) is 0.125. The second-order valence-electron chi connectivity index (χ2n) is 2.62. The Kier molecular flexibility index (Phi) is 1.12. The van der Waals surface area contributed by atoms with Crippen molar-refractivity contribution in [3.05, 3.63) is 24.2 Å². The van der Waals surface area contributed by atoms with E-state index in [1.807, 2.05) is 13.1 Å². The molecule has 0 fully saturated rings. The lowest BCUT2D eigenvalue weighted by molar-refractivity contribution is 1.29. The number of nitrogen functional groups attached to an aromatic ring is 1. The van der Waals surface area contributed by atoms with E-state index in [9.17, 15) is 0 Å². The van der Waals surface area contributed by atoms with E-state index in [0.29, 0.717) is 0 Å². The molecule has 0 atom stereocenters. The van der Waals surface area contributed by atoms with Crippen molar-refractivity contribution < 1.29 is 0 Å². The number of rotatable bonds is 0. The number of anilines is 1. The van der Waals surface area contributed by atoms with Gasteiger partial charge in [-0.25, -0.2) is 0 Å². The molecule has 0 unspecified atom stereocenters. The van der Waals surface area contributed by atoms with Crippen molar-refractivity contribution in [2.75, 3.05) is 5.73 Å². The number of pyridine rings is 1. The van der Waals surface area contributed by atoms with Crippen molar-refractivity contribution in [3.8, 4) is 0 Å². The zero-order valence-corrected chi connectivity index (χ0v) is 6.26. The molecule has 3 heteroatoms. The molecule has 0 amide bonds. The lowest BCUT2D eigenvalue weighted by atomic mass is 10.2. The first-order valence-corrected chi connectivity index (χ1v) is 3.46. The molecule has 0 bridgehead atoms. The van der Waals surface area contributed by atoms with Gasteiger partial charge in [0.15, 0.2) is 0 Å². The number of aromatic nitrogens is 2. The van der Waals surface area contributed by atoms with Gasteiger partial charge in [0.05, 0.1) is 11.2 Å². The minimum Gasteiger partial charge on any atom is -0.397 e. The van der Waals surface area contributed by atoms with E-state index in [-0.39, 0.29) is 0 Å². The summed E-state index contributed by atoms with van der Waals surface area (Å²) in [6, 6.07) is 0. The largest absolute Gasteiger partial charge is 0.397 e. The molecule has 2 aromatic heterocycles. The standard InChI is InChI=1S/C8H9N3/c1-5-2-10-3-6-7(9)4-11-8(5)6/h2-4,11H,9H2,1H3. The van der Waals surface area contributed by atoms with Crippen LogP contribution in [0.3, 0.4) is 0 Å². The summed E-state index contributed by atoms with van der Waals surface area (Å²) in [5.74, 6) is 0. The van der Waals surface area contributed by atoms with E-state index in [4.69, 9.17) is 5.73 Å². The molecule has 0 spiro atoms. The maximum Gasteiger partial charge on any atom is 0.0587 e. The average Bonchev–Trinajstić information content (AvgIpc) is 2.35. The Morgan fingerprint density at radius 2 is 2.27 bits per heavy atom. The summed E-state index contributed by atoms with van der Waals surface area (Å²) in [6.07, 6.45) is 5.38. The van der Waals surface area contributed by atoms with Crippen LogP contribution in [0.15, 0.2) is 18.6 Å². The highest BCUT2D eigenvalue weighted by atomic mass is 14.8. The summed E-state index contributed by atoms with van der Waals surface area (Å²) in [7, 11) is 0. The maximum atomic E-state index is 5.67. The Labute approximate surface area is 64.2 Å². The average molecular weight is 147 g/mol. The van der Waals surface area contributed by atoms with Gasteiger partial charge in [-0.15, -0.1) is 0 Å². The third kappa shape index (κ3) is 0.774. The van der Waals surface area contributed by atoms with Crippen LogP contribution in [0.25, 0.3) is 10.9 Å². The number of nitrogens with zero attached hydrogens (tertiary/aromatic N) is 1. The van der Waals surface area contributed by atoms with Crippen LogP contribution in [0.5, 0.6) is 0 Å². The Balaban J connectivity index is 2.94. The molecule has 0 aliphatic rings. The zero-order chi connectivity index (χ0) is 7.84. The number of hydrogen-bond donors (Lipinski definition) is 2. The lowest BCUT2D eigenvalue weighted by Crippen LogP contribution is -1.82. The molecule has 0 saturated carbocycles.